The zero-order valence-corrected chi connectivity index (χ0v) is 10.4. The summed E-state index contributed by atoms with van der Waals surface area (Å²) in [4.78, 5) is 0. The molecule has 3 heteroatoms. The van der Waals surface area contributed by atoms with Gasteiger partial charge in [0.1, 0.15) is 0 Å². The van der Waals surface area contributed by atoms with E-state index < -0.39 is 0 Å². The molecule has 2 aromatic rings. The summed E-state index contributed by atoms with van der Waals surface area (Å²) in [6.45, 7) is 2.68. The first-order valence-electron chi connectivity index (χ1n) is 5.95. The molecule has 0 bridgehead atoms. The number of hydrogen-bond donors (Lipinski definition) is 1. The van der Waals surface area contributed by atoms with Crippen LogP contribution in [0.2, 0.25) is 0 Å². The molecule has 0 saturated heterocycles. The second-order valence-corrected chi connectivity index (χ2v) is 4.45. The molecule has 0 aliphatic carbocycles. The summed E-state index contributed by atoms with van der Waals surface area (Å²) in [5.74, 6) is 0.367. The molecular weight excluding hydrogens is 210 g/mol. The monoisotopic (exact) mass is 229 g/mol. The van der Waals surface area contributed by atoms with Gasteiger partial charge in [0, 0.05) is 18.7 Å². The highest BCUT2D eigenvalue weighted by Crippen LogP contribution is 2.19. The van der Waals surface area contributed by atoms with Crippen molar-refractivity contribution in [3.63, 3.8) is 0 Å². The van der Waals surface area contributed by atoms with E-state index in [4.69, 9.17) is 5.73 Å². The van der Waals surface area contributed by atoms with E-state index in [1.165, 1.54) is 11.3 Å². The second-order valence-electron chi connectivity index (χ2n) is 4.45. The highest BCUT2D eigenvalue weighted by atomic mass is 15.3. The lowest BCUT2D eigenvalue weighted by atomic mass is 9.94. The van der Waals surface area contributed by atoms with Crippen LogP contribution in [-0.2, 0) is 13.5 Å². The fraction of sp³-hybridized carbons (Fsp3) is 0.357. The van der Waals surface area contributed by atoms with Gasteiger partial charge in [-0.1, -0.05) is 30.3 Å². The standard InChI is InChI=1S/C14H19N3/c1-11-8-14(17(2)16-11)9-13(10-15)12-6-4-3-5-7-12/h3-8,13H,9-10,15H2,1-2H3. The van der Waals surface area contributed by atoms with Crippen molar-refractivity contribution in [1.29, 1.82) is 0 Å². The quantitative estimate of drug-likeness (QED) is 0.871. The van der Waals surface area contributed by atoms with E-state index in [-0.39, 0.29) is 0 Å². The van der Waals surface area contributed by atoms with Crippen LogP contribution in [0.25, 0.3) is 0 Å². The van der Waals surface area contributed by atoms with Crippen molar-refractivity contribution in [3.05, 3.63) is 53.3 Å². The van der Waals surface area contributed by atoms with Crippen LogP contribution in [0.5, 0.6) is 0 Å². The molecule has 90 valence electrons. The Kier molecular flexibility index (Phi) is 3.59. The molecule has 17 heavy (non-hydrogen) atoms. The number of aryl methyl sites for hydroxylation is 2. The highest BCUT2D eigenvalue weighted by molar-refractivity contribution is 5.22. The topological polar surface area (TPSA) is 43.8 Å². The molecule has 0 amide bonds. The minimum absolute atomic E-state index is 0.367. The van der Waals surface area contributed by atoms with E-state index in [0.29, 0.717) is 12.5 Å². The van der Waals surface area contributed by atoms with E-state index >= 15 is 0 Å². The van der Waals surface area contributed by atoms with Gasteiger partial charge in [0.05, 0.1) is 5.69 Å². The third-order valence-electron chi connectivity index (χ3n) is 3.11. The second kappa shape index (κ2) is 5.15. The van der Waals surface area contributed by atoms with Crippen molar-refractivity contribution in [2.75, 3.05) is 6.54 Å². The molecule has 3 nitrogen and oxygen atoms in total. The first-order chi connectivity index (χ1) is 8.20. The average molecular weight is 229 g/mol. The van der Waals surface area contributed by atoms with Crippen LogP contribution in [0.15, 0.2) is 36.4 Å². The Bertz CT molecular complexity index is 473. The Morgan fingerprint density at radius 3 is 2.53 bits per heavy atom. The molecule has 2 N–H and O–H groups in total. The van der Waals surface area contributed by atoms with Crippen LogP contribution in [0, 0.1) is 6.92 Å². The largest absolute Gasteiger partial charge is 0.330 e. The van der Waals surface area contributed by atoms with Crippen LogP contribution < -0.4 is 5.73 Å². The zero-order chi connectivity index (χ0) is 12.3. The van der Waals surface area contributed by atoms with Gasteiger partial charge in [0.15, 0.2) is 0 Å². The Morgan fingerprint density at radius 2 is 2.00 bits per heavy atom. The SMILES string of the molecule is Cc1cc(CC(CN)c2ccccc2)n(C)n1. The average Bonchev–Trinajstić information content (AvgIpc) is 2.66. The third-order valence-corrected chi connectivity index (χ3v) is 3.11. The van der Waals surface area contributed by atoms with Gasteiger partial charge >= 0.3 is 0 Å². The van der Waals surface area contributed by atoms with Gasteiger partial charge in [0.2, 0.25) is 0 Å². The predicted molar refractivity (Wildman–Crippen MR) is 69.9 cm³/mol. The minimum atomic E-state index is 0.367. The molecule has 2 rings (SSSR count). The molecule has 1 atom stereocenters. The summed E-state index contributed by atoms with van der Waals surface area (Å²) < 4.78 is 1.95. The molecule has 0 aliphatic heterocycles. The smallest absolute Gasteiger partial charge is 0.0596 e. The van der Waals surface area contributed by atoms with E-state index in [2.05, 4.69) is 35.4 Å². The van der Waals surface area contributed by atoms with E-state index in [9.17, 15) is 0 Å². The fourth-order valence-corrected chi connectivity index (χ4v) is 2.17. The summed E-state index contributed by atoms with van der Waals surface area (Å²) in [5, 5.41) is 4.37. The lowest BCUT2D eigenvalue weighted by molar-refractivity contribution is 0.629. The van der Waals surface area contributed by atoms with Gasteiger partial charge in [0.25, 0.3) is 0 Å². The van der Waals surface area contributed by atoms with E-state index in [1.54, 1.807) is 0 Å². The summed E-state index contributed by atoms with van der Waals surface area (Å²) in [5.41, 5.74) is 9.48. The van der Waals surface area contributed by atoms with E-state index in [0.717, 1.165) is 12.1 Å². The summed E-state index contributed by atoms with van der Waals surface area (Å²) in [6.07, 6.45) is 0.942. The molecule has 0 radical (unpaired) electrons. The van der Waals surface area contributed by atoms with Crippen LogP contribution in [0.4, 0.5) is 0 Å². The lowest BCUT2D eigenvalue weighted by Gasteiger charge is -2.15. The van der Waals surface area contributed by atoms with Gasteiger partial charge in [-0.3, -0.25) is 4.68 Å². The van der Waals surface area contributed by atoms with Crippen molar-refractivity contribution in [3.8, 4) is 0 Å². The van der Waals surface area contributed by atoms with Crippen LogP contribution in [0.1, 0.15) is 22.9 Å². The molecule has 1 unspecified atom stereocenters. The van der Waals surface area contributed by atoms with Crippen LogP contribution in [-0.4, -0.2) is 16.3 Å². The van der Waals surface area contributed by atoms with E-state index in [1.807, 2.05) is 24.7 Å². The predicted octanol–water partition coefficient (Wildman–Crippen LogP) is 2.01. The Balaban J connectivity index is 2.18. The zero-order valence-electron chi connectivity index (χ0n) is 10.4. The lowest BCUT2D eigenvalue weighted by Crippen LogP contribution is -2.16. The number of nitrogens with two attached hydrogens (primary N) is 1. The maximum atomic E-state index is 5.88. The van der Waals surface area contributed by atoms with Crippen LogP contribution in [0.3, 0.4) is 0 Å². The summed E-state index contributed by atoms with van der Waals surface area (Å²) in [6, 6.07) is 12.6. The van der Waals surface area contributed by atoms with Crippen molar-refractivity contribution in [1.82, 2.24) is 9.78 Å². The van der Waals surface area contributed by atoms with Gasteiger partial charge in [-0.15, -0.1) is 0 Å². The van der Waals surface area contributed by atoms with Crippen molar-refractivity contribution >= 4 is 0 Å². The molecule has 0 aliphatic rings. The molecule has 0 saturated carbocycles. The Morgan fingerprint density at radius 1 is 1.29 bits per heavy atom. The van der Waals surface area contributed by atoms with Gasteiger partial charge in [-0.05, 0) is 31.5 Å². The normalized spacial score (nSPS) is 12.6. The van der Waals surface area contributed by atoms with Gasteiger partial charge in [-0.25, -0.2) is 0 Å². The first kappa shape index (κ1) is 11.9. The van der Waals surface area contributed by atoms with Crippen molar-refractivity contribution in [2.24, 2.45) is 12.8 Å². The number of rotatable bonds is 4. The highest BCUT2D eigenvalue weighted by Gasteiger charge is 2.13. The van der Waals surface area contributed by atoms with Crippen LogP contribution >= 0.6 is 0 Å². The van der Waals surface area contributed by atoms with Gasteiger partial charge < -0.3 is 5.73 Å². The Hall–Kier alpha value is -1.61. The Labute approximate surface area is 102 Å². The summed E-state index contributed by atoms with van der Waals surface area (Å²) >= 11 is 0. The molecule has 1 aromatic carbocycles. The fourth-order valence-electron chi connectivity index (χ4n) is 2.17. The third kappa shape index (κ3) is 2.74. The number of benzene rings is 1. The van der Waals surface area contributed by atoms with Crippen molar-refractivity contribution < 1.29 is 0 Å². The molecular formula is C14H19N3. The number of aromatic nitrogens is 2. The molecule has 1 aromatic heterocycles. The van der Waals surface area contributed by atoms with Crippen molar-refractivity contribution in [2.45, 2.75) is 19.3 Å². The minimum Gasteiger partial charge on any atom is -0.330 e. The number of nitrogens with zero attached hydrogens (tertiary/aromatic N) is 2. The molecule has 1 heterocycles. The first-order valence-corrected chi connectivity index (χ1v) is 5.95. The number of hydrogen-bond acceptors (Lipinski definition) is 2. The maximum absolute atomic E-state index is 5.88. The molecule has 0 fully saturated rings. The van der Waals surface area contributed by atoms with Gasteiger partial charge in [-0.2, -0.15) is 5.10 Å². The molecule has 0 spiro atoms. The maximum Gasteiger partial charge on any atom is 0.0596 e. The summed E-state index contributed by atoms with van der Waals surface area (Å²) in [7, 11) is 1.99.